The van der Waals surface area contributed by atoms with Gasteiger partial charge in [-0.25, -0.2) is 4.39 Å². The van der Waals surface area contributed by atoms with Gasteiger partial charge in [0.05, 0.1) is 6.04 Å². The lowest BCUT2D eigenvalue weighted by molar-refractivity contribution is -0.139. The van der Waals surface area contributed by atoms with Crippen molar-refractivity contribution < 1.29 is 14.0 Å². The lowest BCUT2D eigenvalue weighted by Crippen LogP contribution is -2.51. The molecule has 3 fully saturated rings. The average Bonchev–Trinajstić information content (AvgIpc) is 4.24. The first-order chi connectivity index (χ1) is 37.0. The maximum atomic E-state index is 14.0. The average molecular weight is 1040 g/mol. The van der Waals surface area contributed by atoms with E-state index < -0.39 is 0 Å². The van der Waals surface area contributed by atoms with Crippen molar-refractivity contribution in [3.8, 4) is 0 Å². The summed E-state index contributed by atoms with van der Waals surface area (Å²) in [5.41, 5.74) is 2.21. The standard InChI is InChI=1S/C69H116FN3O2/c70-65-50-48-63(49-51-65)59-73-61-69(55-52-68(73)75)54-42-37-35-33-31-29-27-25-23-21-19-17-15-13-11-9-7-5-3-1-2-4-6-8-10-12-14-16-18-20-22-24-26-28-30-32-34-36-38-43-56-72(60-69)57-53-66(64-44-40-39-41-45-64)71-67(74)58-62-46-47-62/h39-41,44-45,48-51,62,66H,1-38,42-43,46-47,52-61H2,(H,71,74)/t66-,69?/m0/s1. The first kappa shape index (κ1) is 63.1. The van der Waals surface area contributed by atoms with E-state index in [0.717, 1.165) is 51.0 Å². The second-order valence-corrected chi connectivity index (χ2v) is 25.0. The molecule has 2 heterocycles. The molecule has 1 spiro atoms. The molecule has 75 heavy (non-hydrogen) atoms. The van der Waals surface area contributed by atoms with Crippen molar-refractivity contribution in [3.05, 3.63) is 71.5 Å². The zero-order chi connectivity index (χ0) is 52.5. The van der Waals surface area contributed by atoms with Crippen molar-refractivity contribution in [1.29, 1.82) is 0 Å². The number of piperidine rings is 1. The molecule has 0 aromatic heterocycles. The Balaban J connectivity index is 1.14. The van der Waals surface area contributed by atoms with E-state index in [4.69, 9.17) is 0 Å². The molecule has 3 aliphatic rings. The summed E-state index contributed by atoms with van der Waals surface area (Å²) in [4.78, 5) is 31.9. The molecule has 2 amide bonds. The molecule has 0 radical (unpaired) electrons. The Bertz CT molecular complexity index is 1680. The number of rotatable bonds is 9. The van der Waals surface area contributed by atoms with Gasteiger partial charge in [-0.3, -0.25) is 9.59 Å². The predicted octanol–water partition coefficient (Wildman–Crippen LogP) is 20.3. The van der Waals surface area contributed by atoms with Crippen molar-refractivity contribution in [1.82, 2.24) is 15.1 Å². The molecule has 1 unspecified atom stereocenters. The van der Waals surface area contributed by atoms with Gasteiger partial charge in [-0.1, -0.05) is 293 Å². The number of amides is 2. The van der Waals surface area contributed by atoms with E-state index in [1.165, 1.54) is 287 Å². The Labute approximate surface area is 462 Å². The van der Waals surface area contributed by atoms with Gasteiger partial charge in [-0.2, -0.15) is 0 Å². The van der Waals surface area contributed by atoms with Gasteiger partial charge < -0.3 is 15.1 Å². The molecule has 2 saturated heterocycles. The summed E-state index contributed by atoms with van der Waals surface area (Å²) in [5.74, 6) is 0.759. The SMILES string of the molecule is O=C(CC1CC1)N[C@@H](CCN1CCCCCCCCCCCCCCCCCCCCCCCCCCCCCCCCCCCCCCCCCCC2(CCC(=O)N(Cc3ccc(F)cc3)C2)C1)c1ccccc1. The van der Waals surface area contributed by atoms with Crippen molar-refractivity contribution in [2.24, 2.45) is 11.3 Å². The van der Waals surface area contributed by atoms with Gasteiger partial charge in [-0.05, 0) is 74.2 Å². The molecular formula is C69H116FN3O2. The van der Waals surface area contributed by atoms with Crippen LogP contribution in [0.1, 0.15) is 319 Å². The first-order valence-electron chi connectivity index (χ1n) is 33.1. The highest BCUT2D eigenvalue weighted by Gasteiger charge is 2.40. The van der Waals surface area contributed by atoms with Gasteiger partial charge in [0, 0.05) is 44.4 Å². The second kappa shape index (κ2) is 41.3. The lowest BCUT2D eigenvalue weighted by atomic mass is 9.74. The van der Waals surface area contributed by atoms with Crippen LogP contribution in [0.4, 0.5) is 4.39 Å². The number of halogens is 1. The maximum Gasteiger partial charge on any atom is 0.222 e. The smallest absolute Gasteiger partial charge is 0.222 e. The fourth-order valence-electron chi connectivity index (χ4n) is 12.9. The van der Waals surface area contributed by atoms with Crippen LogP contribution in [0.15, 0.2) is 54.6 Å². The molecule has 2 aromatic rings. The number of benzene rings is 2. The van der Waals surface area contributed by atoms with E-state index in [2.05, 4.69) is 45.4 Å². The molecule has 1 aliphatic carbocycles. The summed E-state index contributed by atoms with van der Waals surface area (Å²) in [5, 5.41) is 3.49. The monoisotopic (exact) mass is 1040 g/mol. The van der Waals surface area contributed by atoms with Crippen LogP contribution in [0.5, 0.6) is 0 Å². The van der Waals surface area contributed by atoms with Gasteiger partial charge >= 0.3 is 0 Å². The van der Waals surface area contributed by atoms with Gasteiger partial charge in [0.2, 0.25) is 11.8 Å². The van der Waals surface area contributed by atoms with E-state index in [0.29, 0.717) is 25.3 Å². The van der Waals surface area contributed by atoms with E-state index in [9.17, 15) is 14.0 Å². The summed E-state index contributed by atoms with van der Waals surface area (Å²) in [6.07, 6.45) is 62.7. The highest BCUT2D eigenvalue weighted by Crippen LogP contribution is 2.39. The van der Waals surface area contributed by atoms with Crippen LogP contribution in [-0.4, -0.2) is 47.8 Å². The minimum atomic E-state index is -0.230. The number of hydrogen-bond donors (Lipinski definition) is 1. The largest absolute Gasteiger partial charge is 0.349 e. The van der Waals surface area contributed by atoms with E-state index in [1.54, 1.807) is 0 Å². The third-order valence-electron chi connectivity index (χ3n) is 18.0. The molecule has 5 nitrogen and oxygen atoms in total. The number of nitrogens with one attached hydrogen (secondary N) is 1. The van der Waals surface area contributed by atoms with Crippen LogP contribution >= 0.6 is 0 Å². The minimum absolute atomic E-state index is 0.00906. The van der Waals surface area contributed by atoms with Gasteiger partial charge in [-0.15, -0.1) is 0 Å². The first-order valence-corrected chi connectivity index (χ1v) is 33.1. The molecule has 2 aromatic carbocycles. The van der Waals surface area contributed by atoms with E-state index in [-0.39, 0.29) is 29.1 Å². The molecule has 6 heteroatoms. The van der Waals surface area contributed by atoms with Crippen LogP contribution in [0, 0.1) is 17.2 Å². The summed E-state index contributed by atoms with van der Waals surface area (Å²) in [6, 6.07) is 17.4. The van der Waals surface area contributed by atoms with Crippen LogP contribution in [-0.2, 0) is 16.1 Å². The Morgan fingerprint density at radius 3 is 1.32 bits per heavy atom. The van der Waals surface area contributed by atoms with Crippen molar-refractivity contribution in [2.75, 3.05) is 26.2 Å². The Morgan fingerprint density at radius 1 is 0.507 bits per heavy atom. The predicted molar refractivity (Wildman–Crippen MR) is 319 cm³/mol. The highest BCUT2D eigenvalue weighted by molar-refractivity contribution is 5.77. The lowest BCUT2D eigenvalue weighted by Gasteiger charge is -2.46. The molecule has 2 aliphatic heterocycles. The molecule has 0 bridgehead atoms. The second-order valence-electron chi connectivity index (χ2n) is 25.0. The quantitative estimate of drug-likeness (QED) is 0.272. The Hall–Kier alpha value is -2.73. The van der Waals surface area contributed by atoms with Gasteiger partial charge in [0.15, 0.2) is 0 Å². The fraction of sp³-hybridized carbons (Fsp3) is 0.797. The minimum Gasteiger partial charge on any atom is -0.349 e. The van der Waals surface area contributed by atoms with Crippen LogP contribution in [0.25, 0.3) is 0 Å². The van der Waals surface area contributed by atoms with Crippen LogP contribution in [0.2, 0.25) is 0 Å². The summed E-state index contributed by atoms with van der Waals surface area (Å²) in [7, 11) is 0. The molecule has 1 N–H and O–H groups in total. The number of carbonyl (C=O) groups is 2. The maximum absolute atomic E-state index is 14.0. The van der Waals surface area contributed by atoms with Crippen molar-refractivity contribution in [2.45, 2.75) is 314 Å². The van der Waals surface area contributed by atoms with E-state index >= 15 is 0 Å². The number of carbonyl (C=O) groups excluding carboxylic acids is 2. The molecule has 5 rings (SSSR count). The Morgan fingerprint density at radius 2 is 0.907 bits per heavy atom. The third kappa shape index (κ3) is 30.9. The number of likely N-dealkylation sites (tertiary alicyclic amines) is 1. The number of nitrogens with zero attached hydrogens (tertiary/aromatic N) is 2. The topological polar surface area (TPSA) is 52.7 Å². The zero-order valence-electron chi connectivity index (χ0n) is 48.7. The summed E-state index contributed by atoms with van der Waals surface area (Å²) in [6.45, 7) is 4.28. The van der Waals surface area contributed by atoms with Crippen LogP contribution in [0.3, 0.4) is 0 Å². The van der Waals surface area contributed by atoms with Gasteiger partial charge in [0.25, 0.3) is 0 Å². The van der Waals surface area contributed by atoms with Crippen LogP contribution < -0.4 is 5.32 Å². The van der Waals surface area contributed by atoms with Crippen molar-refractivity contribution in [3.63, 3.8) is 0 Å². The molecular weight excluding hydrogens is 922 g/mol. The van der Waals surface area contributed by atoms with E-state index in [1.807, 2.05) is 12.1 Å². The zero-order valence-corrected chi connectivity index (χ0v) is 48.7. The highest BCUT2D eigenvalue weighted by atomic mass is 19.1. The Kier molecular flexibility index (Phi) is 34.8. The van der Waals surface area contributed by atoms with Crippen molar-refractivity contribution >= 4 is 11.8 Å². The summed E-state index contributed by atoms with van der Waals surface area (Å²) < 4.78 is 14.0. The summed E-state index contributed by atoms with van der Waals surface area (Å²) >= 11 is 0. The number of hydrogen-bond acceptors (Lipinski definition) is 3. The molecule has 2 atom stereocenters. The molecule has 426 valence electrons. The van der Waals surface area contributed by atoms with Gasteiger partial charge in [0.1, 0.15) is 5.82 Å². The third-order valence-corrected chi connectivity index (χ3v) is 18.0. The molecule has 1 saturated carbocycles. The fourth-order valence-corrected chi connectivity index (χ4v) is 12.9. The normalized spacial score (nSPS) is 23.8.